The van der Waals surface area contributed by atoms with Crippen molar-refractivity contribution in [3.05, 3.63) is 119 Å². The molecular formula is C40H35N4O8S2+. The Bertz CT molecular complexity index is 3120. The minimum Gasteiger partial charge on any atom is -0.438 e. The van der Waals surface area contributed by atoms with E-state index in [0.29, 0.717) is 47.6 Å². The molecule has 0 unspecified atom stereocenters. The third-order valence-electron chi connectivity index (χ3n) is 9.75. The Labute approximate surface area is 310 Å². The smallest absolute Gasteiger partial charge is 0.375 e. The zero-order chi connectivity index (χ0) is 38.1. The zero-order valence-electron chi connectivity index (χ0n) is 29.6. The predicted octanol–water partition coefficient (Wildman–Crippen LogP) is 8.02. The summed E-state index contributed by atoms with van der Waals surface area (Å²) >= 11 is 0. The number of hydrogen-bond acceptors (Lipinski definition) is 7. The van der Waals surface area contributed by atoms with Gasteiger partial charge in [0.15, 0.2) is 5.75 Å². The summed E-state index contributed by atoms with van der Waals surface area (Å²) < 4.78 is 89.3. The number of aromatic nitrogens is 3. The van der Waals surface area contributed by atoms with Gasteiger partial charge in [0.1, 0.15) is 0 Å². The van der Waals surface area contributed by atoms with E-state index in [2.05, 4.69) is 27.2 Å². The summed E-state index contributed by atoms with van der Waals surface area (Å²) in [4.78, 5) is 1.23. The SMILES string of the molecule is C=C=C=C(N1C(=CC(=Cc2oc3cc4c(cc3[n+]2CS(=O)(=O)O)c2ccccc2n4CC)CC)Oc2cc3c(cc21)c1ccccc1n3CC)S(=O)(=O)O. The maximum absolute atomic E-state index is 12.9. The van der Waals surface area contributed by atoms with Gasteiger partial charge in [0.25, 0.3) is 11.4 Å². The van der Waals surface area contributed by atoms with Crippen LogP contribution in [0.25, 0.3) is 60.8 Å². The van der Waals surface area contributed by atoms with Crippen molar-refractivity contribution < 1.29 is 39.7 Å². The second-order valence-electron chi connectivity index (χ2n) is 12.9. The minimum atomic E-state index is -4.90. The molecule has 14 heteroatoms. The van der Waals surface area contributed by atoms with Gasteiger partial charge in [-0.15, -0.1) is 4.57 Å². The molecule has 0 atom stereocenters. The van der Waals surface area contributed by atoms with Crippen LogP contribution in [0.4, 0.5) is 5.69 Å². The van der Waals surface area contributed by atoms with Crippen LogP contribution in [0.1, 0.15) is 33.1 Å². The summed E-state index contributed by atoms with van der Waals surface area (Å²) in [5.41, 5.74) is 10.3. The monoisotopic (exact) mass is 763 g/mol. The van der Waals surface area contributed by atoms with Crippen molar-refractivity contribution in [1.29, 1.82) is 0 Å². The van der Waals surface area contributed by atoms with E-state index in [1.54, 1.807) is 12.2 Å². The van der Waals surface area contributed by atoms with Crippen LogP contribution in [-0.4, -0.2) is 35.1 Å². The average molecular weight is 764 g/mol. The molecule has 4 aromatic carbocycles. The summed E-state index contributed by atoms with van der Waals surface area (Å²) in [6, 6.07) is 23.1. The Kier molecular flexibility index (Phi) is 8.42. The number of fused-ring (bicyclic) bond motifs is 8. The van der Waals surface area contributed by atoms with Crippen LogP contribution in [0, 0.1) is 0 Å². The average Bonchev–Trinajstić information content (AvgIpc) is 3.84. The first-order valence-electron chi connectivity index (χ1n) is 17.2. The van der Waals surface area contributed by atoms with Gasteiger partial charge in [0.2, 0.25) is 16.5 Å². The number of nitrogens with zero attached hydrogens (tertiary/aromatic N) is 4. The molecule has 0 spiro atoms. The number of allylic oxidation sites excluding steroid dienone is 2. The number of para-hydroxylation sites is 2. The third-order valence-corrected chi connectivity index (χ3v) is 11.1. The Morgan fingerprint density at radius 2 is 1.44 bits per heavy atom. The number of rotatable bonds is 9. The van der Waals surface area contributed by atoms with Crippen molar-refractivity contribution in [2.45, 2.75) is 46.2 Å². The summed E-state index contributed by atoms with van der Waals surface area (Å²) in [7, 11) is -9.43. The highest BCUT2D eigenvalue weighted by Gasteiger charge is 2.36. The highest BCUT2D eigenvalue weighted by atomic mass is 32.2. The zero-order valence-corrected chi connectivity index (χ0v) is 31.2. The van der Waals surface area contributed by atoms with Crippen molar-refractivity contribution in [3.8, 4) is 5.75 Å². The van der Waals surface area contributed by atoms with E-state index < -0.39 is 31.1 Å². The first kappa shape index (κ1) is 35.2. The van der Waals surface area contributed by atoms with Crippen LogP contribution in [0.3, 0.4) is 0 Å². The Balaban J connectivity index is 1.34. The van der Waals surface area contributed by atoms with E-state index in [1.807, 2.05) is 93.6 Å². The molecule has 0 aliphatic carbocycles. The van der Waals surface area contributed by atoms with Crippen molar-refractivity contribution in [3.63, 3.8) is 0 Å². The molecule has 0 radical (unpaired) electrons. The first-order chi connectivity index (χ1) is 25.8. The van der Waals surface area contributed by atoms with Crippen molar-refractivity contribution >= 4 is 86.7 Å². The highest BCUT2D eigenvalue weighted by molar-refractivity contribution is 7.90. The lowest BCUT2D eigenvalue weighted by atomic mass is 10.1. The van der Waals surface area contributed by atoms with Crippen LogP contribution in [-0.2, 0) is 39.2 Å². The molecule has 0 fully saturated rings. The largest absolute Gasteiger partial charge is 0.438 e. The van der Waals surface area contributed by atoms with E-state index in [4.69, 9.17) is 9.15 Å². The maximum atomic E-state index is 12.9. The van der Waals surface area contributed by atoms with Crippen molar-refractivity contribution in [2.24, 2.45) is 0 Å². The fourth-order valence-corrected chi connectivity index (χ4v) is 8.71. The quantitative estimate of drug-likeness (QED) is 0.0847. The van der Waals surface area contributed by atoms with E-state index in [0.717, 1.165) is 43.6 Å². The number of aryl methyl sites for hydroxylation is 2. The summed E-state index contributed by atoms with van der Waals surface area (Å²) in [5, 5.41) is 3.01. The molecule has 0 saturated heterocycles. The van der Waals surface area contributed by atoms with E-state index in [1.165, 1.54) is 9.47 Å². The highest BCUT2D eigenvalue weighted by Crippen LogP contribution is 2.47. The van der Waals surface area contributed by atoms with E-state index in [9.17, 15) is 25.9 Å². The first-order valence-corrected chi connectivity index (χ1v) is 20.3. The molecule has 274 valence electrons. The Morgan fingerprint density at radius 3 is 2.02 bits per heavy atom. The number of anilines is 1. The Morgan fingerprint density at radius 1 is 0.833 bits per heavy atom. The summed E-state index contributed by atoms with van der Waals surface area (Å²) in [5.74, 6) is -0.329. The van der Waals surface area contributed by atoms with Crippen LogP contribution >= 0.6 is 0 Å². The number of benzene rings is 4. The van der Waals surface area contributed by atoms with Gasteiger partial charge in [-0.2, -0.15) is 16.8 Å². The van der Waals surface area contributed by atoms with Crippen LogP contribution < -0.4 is 14.2 Å². The molecule has 2 N–H and O–H groups in total. The Hall–Kier alpha value is -5.85. The molecule has 12 nitrogen and oxygen atoms in total. The number of hydrogen-bond donors (Lipinski definition) is 2. The molecule has 1 aliphatic heterocycles. The van der Waals surface area contributed by atoms with Crippen LogP contribution in [0.15, 0.2) is 118 Å². The van der Waals surface area contributed by atoms with Gasteiger partial charge in [-0.3, -0.25) is 14.0 Å². The van der Waals surface area contributed by atoms with Gasteiger partial charge >= 0.3 is 26.1 Å². The van der Waals surface area contributed by atoms with Gasteiger partial charge in [-0.25, -0.2) is 0 Å². The molecule has 0 bridgehead atoms. The lowest BCUT2D eigenvalue weighted by Crippen LogP contribution is -2.39. The number of ether oxygens (including phenoxy) is 1. The van der Waals surface area contributed by atoms with Gasteiger partial charge in [-0.05, 0) is 56.4 Å². The third kappa shape index (κ3) is 5.73. The second kappa shape index (κ2) is 12.9. The minimum absolute atomic E-state index is 0.0140. The van der Waals surface area contributed by atoms with E-state index in [-0.39, 0.29) is 11.8 Å². The topological polar surface area (TPSA) is 148 Å². The predicted molar refractivity (Wildman–Crippen MR) is 209 cm³/mol. The number of oxazole rings is 1. The lowest BCUT2D eigenvalue weighted by molar-refractivity contribution is -0.658. The molecule has 3 aromatic heterocycles. The normalized spacial score (nSPS) is 14.4. The van der Waals surface area contributed by atoms with Gasteiger partial charge in [-0.1, -0.05) is 49.1 Å². The molecule has 0 saturated carbocycles. The molecule has 0 amide bonds. The van der Waals surface area contributed by atoms with Gasteiger partial charge in [0.05, 0.1) is 22.8 Å². The molecule has 1 aliphatic rings. The standard InChI is InChI=1S/C40H34N4O8S2/c1-5-13-40(54(48,49)50)44-35-21-29-27-15-10-12-17-31(27)42(8-4)33(29)23-37(35)52-39(44)19-25(6-2)18-38-43(24-53(45,46)47)34-20-28-26-14-9-11-16-30(26)41(7-3)32(28)22-36(34)51-38/h9-12,14-23H,1,6-8,24H2,2-4H3,(H-,45,46,47,48,49,50)/p+1. The molecule has 4 heterocycles. The second-order valence-corrected chi connectivity index (χ2v) is 15.6. The fraction of sp³-hybridized carbons (Fsp3) is 0.175. The van der Waals surface area contributed by atoms with Crippen LogP contribution in [0.2, 0.25) is 0 Å². The van der Waals surface area contributed by atoms with Crippen molar-refractivity contribution in [1.82, 2.24) is 9.13 Å². The maximum Gasteiger partial charge on any atom is 0.375 e. The van der Waals surface area contributed by atoms with Gasteiger partial charge in [0, 0.05) is 69.9 Å². The van der Waals surface area contributed by atoms with Gasteiger partial charge < -0.3 is 18.3 Å². The van der Waals surface area contributed by atoms with E-state index >= 15 is 0 Å². The van der Waals surface area contributed by atoms with Crippen molar-refractivity contribution in [2.75, 3.05) is 4.90 Å². The molecule has 8 rings (SSSR count). The molecule has 54 heavy (non-hydrogen) atoms. The fourth-order valence-electron chi connectivity index (χ4n) is 7.50. The molecule has 7 aromatic rings. The molecular weight excluding hydrogens is 729 g/mol. The summed E-state index contributed by atoms with van der Waals surface area (Å²) in [6.45, 7) is 10.8. The van der Waals surface area contributed by atoms with Crippen LogP contribution in [0.5, 0.6) is 5.75 Å². The lowest BCUT2D eigenvalue weighted by Gasteiger charge is -2.18. The summed E-state index contributed by atoms with van der Waals surface area (Å²) in [6.07, 6.45) is 3.53.